The summed E-state index contributed by atoms with van der Waals surface area (Å²) >= 11 is 6.26. The molecule has 206 valence electrons. The lowest BCUT2D eigenvalue weighted by atomic mass is 9.87. The molecule has 0 spiro atoms. The van der Waals surface area contributed by atoms with Crippen LogP contribution in [0.4, 0.5) is 13.2 Å². The molecule has 0 bridgehead atoms. The average molecular weight is 553 g/mol. The van der Waals surface area contributed by atoms with E-state index in [0.29, 0.717) is 41.0 Å². The fourth-order valence-electron chi connectivity index (χ4n) is 5.02. The van der Waals surface area contributed by atoms with E-state index >= 15 is 0 Å². The standard InChI is InChI=1S/C28H32ClF3N2O4/c1-33(2)25(35)22-11-10-21(17-23(22)29)38-24-16-19(24)9-8-18-12-14-34(15-13-18)26(36)27(37,28(30,31)32)20-6-4-3-5-7-20/h3-7,10-11,17-19,24,37H,8-9,12-16H2,1-2H3/t19-,24?,27+/m0/s1. The molecule has 1 aliphatic carbocycles. The number of rotatable bonds is 8. The molecule has 3 atom stereocenters. The van der Waals surface area contributed by atoms with Crippen LogP contribution in [0.5, 0.6) is 5.75 Å². The van der Waals surface area contributed by atoms with E-state index < -0.39 is 23.2 Å². The molecule has 2 fully saturated rings. The smallest absolute Gasteiger partial charge is 0.430 e. The van der Waals surface area contributed by atoms with Gasteiger partial charge in [0.15, 0.2) is 0 Å². The Balaban J connectivity index is 1.25. The van der Waals surface area contributed by atoms with Crippen molar-refractivity contribution in [2.45, 2.75) is 50.0 Å². The van der Waals surface area contributed by atoms with Crippen molar-refractivity contribution in [3.8, 4) is 5.75 Å². The number of ether oxygens (including phenoxy) is 1. The summed E-state index contributed by atoms with van der Waals surface area (Å²) in [5.41, 5.74) is -3.61. The third-order valence-corrected chi connectivity index (χ3v) is 7.79. The Morgan fingerprint density at radius 1 is 1.08 bits per heavy atom. The molecular weight excluding hydrogens is 521 g/mol. The average Bonchev–Trinajstić information content (AvgIpc) is 3.63. The quantitative estimate of drug-likeness (QED) is 0.484. The number of carbonyl (C=O) groups is 2. The van der Waals surface area contributed by atoms with Crippen molar-refractivity contribution >= 4 is 23.4 Å². The van der Waals surface area contributed by atoms with Crippen LogP contribution in [-0.4, -0.2) is 66.2 Å². The highest BCUT2D eigenvalue weighted by atomic mass is 35.5. The van der Waals surface area contributed by atoms with Crippen molar-refractivity contribution in [2.75, 3.05) is 27.2 Å². The fraction of sp³-hybridized carbons (Fsp3) is 0.500. The van der Waals surface area contributed by atoms with Crippen LogP contribution in [0.15, 0.2) is 48.5 Å². The molecule has 38 heavy (non-hydrogen) atoms. The minimum absolute atomic E-state index is 0.0656. The molecule has 2 aliphatic rings. The number of benzene rings is 2. The largest absolute Gasteiger partial charge is 0.490 e. The zero-order valence-electron chi connectivity index (χ0n) is 21.4. The number of alkyl halides is 3. The van der Waals surface area contributed by atoms with Gasteiger partial charge in [-0.15, -0.1) is 0 Å². The number of halogens is 4. The zero-order chi connectivity index (χ0) is 27.7. The Kier molecular flexibility index (Phi) is 8.28. The normalized spacial score (nSPS) is 21.5. The van der Waals surface area contributed by atoms with Gasteiger partial charge in [-0.3, -0.25) is 9.59 Å². The molecule has 1 heterocycles. The van der Waals surface area contributed by atoms with Crippen molar-refractivity contribution < 1.29 is 32.6 Å². The molecule has 1 N–H and O–H groups in total. The number of aliphatic hydroxyl groups is 1. The first-order valence-corrected chi connectivity index (χ1v) is 13.1. The van der Waals surface area contributed by atoms with Crippen LogP contribution in [0.3, 0.4) is 0 Å². The van der Waals surface area contributed by atoms with Crippen LogP contribution in [0, 0.1) is 11.8 Å². The molecule has 1 aliphatic heterocycles. The van der Waals surface area contributed by atoms with Gasteiger partial charge in [0, 0.05) is 32.7 Å². The van der Waals surface area contributed by atoms with Crippen LogP contribution in [0.1, 0.15) is 48.0 Å². The van der Waals surface area contributed by atoms with Gasteiger partial charge >= 0.3 is 6.18 Å². The van der Waals surface area contributed by atoms with Crippen LogP contribution in [0.2, 0.25) is 5.02 Å². The number of hydrogen-bond acceptors (Lipinski definition) is 4. The van der Waals surface area contributed by atoms with Crippen molar-refractivity contribution in [1.82, 2.24) is 9.80 Å². The van der Waals surface area contributed by atoms with Gasteiger partial charge in [0.25, 0.3) is 17.4 Å². The van der Waals surface area contributed by atoms with Gasteiger partial charge in [-0.2, -0.15) is 13.2 Å². The molecular formula is C28H32ClF3N2O4. The second-order valence-corrected chi connectivity index (χ2v) is 10.8. The number of piperidine rings is 1. The Bertz CT molecular complexity index is 1150. The van der Waals surface area contributed by atoms with Crippen LogP contribution in [-0.2, 0) is 10.4 Å². The van der Waals surface area contributed by atoms with Crippen LogP contribution >= 0.6 is 11.6 Å². The summed E-state index contributed by atoms with van der Waals surface area (Å²) in [5.74, 6) is -0.212. The fourth-order valence-corrected chi connectivity index (χ4v) is 5.27. The predicted octanol–water partition coefficient (Wildman–Crippen LogP) is 5.28. The lowest BCUT2D eigenvalue weighted by Gasteiger charge is -2.38. The number of carbonyl (C=O) groups excluding carboxylic acids is 2. The maximum atomic E-state index is 13.9. The predicted molar refractivity (Wildman–Crippen MR) is 137 cm³/mol. The number of hydrogen-bond donors (Lipinski definition) is 1. The third kappa shape index (κ3) is 5.94. The summed E-state index contributed by atoms with van der Waals surface area (Å²) < 4.78 is 47.6. The van der Waals surface area contributed by atoms with E-state index in [1.54, 1.807) is 32.3 Å². The second kappa shape index (κ2) is 11.1. The molecule has 0 radical (unpaired) electrons. The van der Waals surface area contributed by atoms with Gasteiger partial charge < -0.3 is 19.6 Å². The number of nitrogens with zero attached hydrogens (tertiary/aromatic N) is 2. The summed E-state index contributed by atoms with van der Waals surface area (Å²) in [6.45, 7) is 0.353. The molecule has 10 heteroatoms. The Morgan fingerprint density at radius 3 is 2.32 bits per heavy atom. The molecule has 0 aromatic heterocycles. The summed E-state index contributed by atoms with van der Waals surface area (Å²) in [6, 6.07) is 11.6. The van der Waals surface area contributed by atoms with Crippen LogP contribution in [0.25, 0.3) is 0 Å². The second-order valence-electron chi connectivity index (χ2n) is 10.4. The van der Waals surface area contributed by atoms with Gasteiger partial charge in [-0.05, 0) is 62.1 Å². The van der Waals surface area contributed by atoms with Crippen molar-refractivity contribution in [3.05, 3.63) is 64.7 Å². The minimum atomic E-state index is -5.13. The van der Waals surface area contributed by atoms with Crippen LogP contribution < -0.4 is 4.74 Å². The Labute approximate surface area is 225 Å². The maximum Gasteiger partial charge on any atom is 0.430 e. The molecule has 6 nitrogen and oxygen atoms in total. The molecule has 1 saturated carbocycles. The summed E-state index contributed by atoms with van der Waals surface area (Å²) in [7, 11) is 3.32. The van der Waals surface area contributed by atoms with E-state index in [2.05, 4.69) is 0 Å². The third-order valence-electron chi connectivity index (χ3n) is 7.48. The molecule has 1 unspecified atom stereocenters. The summed E-state index contributed by atoms with van der Waals surface area (Å²) in [5, 5.41) is 10.9. The van der Waals surface area contributed by atoms with Gasteiger partial charge in [0.1, 0.15) is 11.9 Å². The highest BCUT2D eigenvalue weighted by Crippen LogP contribution is 2.43. The molecule has 2 aromatic carbocycles. The molecule has 2 amide bonds. The Morgan fingerprint density at radius 2 is 1.74 bits per heavy atom. The van der Waals surface area contributed by atoms with E-state index in [4.69, 9.17) is 16.3 Å². The van der Waals surface area contributed by atoms with E-state index in [1.807, 2.05) is 0 Å². The van der Waals surface area contributed by atoms with E-state index in [1.165, 1.54) is 23.1 Å². The van der Waals surface area contributed by atoms with Crippen molar-refractivity contribution in [2.24, 2.45) is 11.8 Å². The number of amides is 2. The first kappa shape index (κ1) is 28.2. The van der Waals surface area contributed by atoms with Gasteiger partial charge in [-0.1, -0.05) is 41.9 Å². The Hall–Kier alpha value is -2.78. The first-order chi connectivity index (χ1) is 17.9. The highest BCUT2D eigenvalue weighted by Gasteiger charge is 2.62. The minimum Gasteiger partial charge on any atom is -0.490 e. The van der Waals surface area contributed by atoms with Gasteiger partial charge in [-0.25, -0.2) is 0 Å². The molecule has 4 rings (SSSR count). The van der Waals surface area contributed by atoms with E-state index in [-0.39, 0.29) is 25.1 Å². The SMILES string of the molecule is CN(C)C(=O)c1ccc(OC2C[C@@H]2CCC2CCN(C(=O)[C@](O)(c3ccccc3)C(F)(F)F)CC2)cc1Cl. The number of likely N-dealkylation sites (tertiary alicyclic amines) is 1. The summed E-state index contributed by atoms with van der Waals surface area (Å²) in [6.07, 6.45) is -1.17. The monoisotopic (exact) mass is 552 g/mol. The topological polar surface area (TPSA) is 70.1 Å². The van der Waals surface area contributed by atoms with Crippen molar-refractivity contribution in [3.63, 3.8) is 0 Å². The lowest BCUT2D eigenvalue weighted by Crippen LogP contribution is -2.57. The molecule has 2 aromatic rings. The maximum absolute atomic E-state index is 13.9. The highest BCUT2D eigenvalue weighted by molar-refractivity contribution is 6.34. The van der Waals surface area contributed by atoms with Gasteiger partial charge in [0.05, 0.1) is 10.6 Å². The lowest BCUT2D eigenvalue weighted by molar-refractivity contribution is -0.262. The first-order valence-electron chi connectivity index (χ1n) is 12.7. The van der Waals surface area contributed by atoms with Gasteiger partial charge in [0.2, 0.25) is 0 Å². The van der Waals surface area contributed by atoms with E-state index in [0.717, 1.165) is 36.3 Å². The molecule has 1 saturated heterocycles. The van der Waals surface area contributed by atoms with Crippen molar-refractivity contribution in [1.29, 1.82) is 0 Å². The van der Waals surface area contributed by atoms with E-state index in [9.17, 15) is 27.9 Å². The summed E-state index contributed by atoms with van der Waals surface area (Å²) in [4.78, 5) is 27.6. The zero-order valence-corrected chi connectivity index (χ0v) is 22.1.